The molecule has 1 aromatic heterocycles. The second-order valence-corrected chi connectivity index (χ2v) is 5.74. The van der Waals surface area contributed by atoms with Gasteiger partial charge in [0.25, 0.3) is 0 Å². The maximum absolute atomic E-state index is 12.8. The largest absolute Gasteiger partial charge is 0.489 e. The normalized spacial score (nSPS) is 12.8. The molecular weight excluding hydrogens is 488 g/mol. The molecule has 0 aliphatic carbocycles. The van der Waals surface area contributed by atoms with E-state index in [0.717, 1.165) is 12.1 Å². The molecule has 2 aromatic rings. The summed E-state index contributed by atoms with van der Waals surface area (Å²) in [5, 5.41) is 10.0. The third-order valence-electron chi connectivity index (χ3n) is 3.65. The number of halogens is 4. The average molecular weight is 512 g/mol. The molecule has 0 saturated heterocycles. The van der Waals surface area contributed by atoms with Crippen LogP contribution in [0.2, 0.25) is 0 Å². The molecule has 2 N–H and O–H groups in total. The van der Waals surface area contributed by atoms with E-state index in [1.165, 1.54) is 18.4 Å². The first-order chi connectivity index (χ1) is 12.9. The summed E-state index contributed by atoms with van der Waals surface area (Å²) in [7, 11) is 0. The van der Waals surface area contributed by atoms with Crippen LogP contribution in [0.4, 0.5) is 13.2 Å². The molecule has 1 atom stereocenters. The molecular formula is C18H24F3IN4O2. The number of nitrogens with one attached hydrogen (secondary N) is 2. The van der Waals surface area contributed by atoms with Crippen molar-refractivity contribution in [2.24, 2.45) is 4.99 Å². The zero-order valence-electron chi connectivity index (χ0n) is 15.6. The van der Waals surface area contributed by atoms with E-state index in [9.17, 15) is 13.2 Å². The van der Waals surface area contributed by atoms with Crippen molar-refractivity contribution in [1.82, 2.24) is 15.8 Å². The van der Waals surface area contributed by atoms with E-state index in [4.69, 9.17) is 9.26 Å². The lowest BCUT2D eigenvalue weighted by molar-refractivity contribution is -0.137. The molecule has 1 heterocycles. The lowest BCUT2D eigenvalue weighted by Gasteiger charge is -2.20. The van der Waals surface area contributed by atoms with Crippen LogP contribution in [0.5, 0.6) is 5.75 Å². The van der Waals surface area contributed by atoms with Crippen LogP contribution in [0.3, 0.4) is 0 Å². The van der Waals surface area contributed by atoms with Crippen LogP contribution in [0, 0.1) is 0 Å². The van der Waals surface area contributed by atoms with E-state index in [0.29, 0.717) is 37.7 Å². The van der Waals surface area contributed by atoms with E-state index < -0.39 is 11.7 Å². The van der Waals surface area contributed by atoms with Crippen LogP contribution in [0.15, 0.2) is 46.1 Å². The third kappa shape index (κ3) is 7.95. The number of hydrogen-bond donors (Lipinski definition) is 2. The number of benzene rings is 1. The molecule has 0 amide bonds. The van der Waals surface area contributed by atoms with Crippen LogP contribution >= 0.6 is 24.0 Å². The first-order valence-electron chi connectivity index (χ1n) is 8.67. The lowest BCUT2D eigenvalue weighted by atomic mass is 10.2. The summed E-state index contributed by atoms with van der Waals surface area (Å²) in [5.41, 5.74) is -0.0372. The minimum Gasteiger partial charge on any atom is -0.489 e. The van der Waals surface area contributed by atoms with Gasteiger partial charge in [-0.1, -0.05) is 18.1 Å². The van der Waals surface area contributed by atoms with Crippen molar-refractivity contribution in [3.05, 3.63) is 47.9 Å². The minimum absolute atomic E-state index is 0. The second-order valence-electron chi connectivity index (χ2n) is 5.74. The Kier molecular flexibility index (Phi) is 10.1. The van der Waals surface area contributed by atoms with Gasteiger partial charge in [0.2, 0.25) is 0 Å². The topological polar surface area (TPSA) is 71.7 Å². The number of alkyl halides is 3. The summed E-state index contributed by atoms with van der Waals surface area (Å²) in [6.07, 6.45) is -2.62. The zero-order valence-corrected chi connectivity index (χ0v) is 18.0. The second kappa shape index (κ2) is 11.8. The number of hydrogen-bond acceptors (Lipinski definition) is 4. The summed E-state index contributed by atoms with van der Waals surface area (Å²) in [6.45, 7) is 5.23. The van der Waals surface area contributed by atoms with Gasteiger partial charge in [0.05, 0.1) is 18.7 Å². The summed E-state index contributed by atoms with van der Waals surface area (Å²) < 4.78 is 48.9. The fourth-order valence-electron chi connectivity index (χ4n) is 2.24. The molecule has 0 radical (unpaired) electrons. The van der Waals surface area contributed by atoms with Crippen LogP contribution in [-0.4, -0.2) is 30.3 Å². The molecule has 156 valence electrons. The molecule has 10 heteroatoms. The molecule has 0 fully saturated rings. The Morgan fingerprint density at radius 1 is 1.25 bits per heavy atom. The highest BCUT2D eigenvalue weighted by atomic mass is 127. The summed E-state index contributed by atoms with van der Waals surface area (Å²) in [5.74, 6) is 0.745. The van der Waals surface area contributed by atoms with Gasteiger partial charge in [-0.2, -0.15) is 13.2 Å². The van der Waals surface area contributed by atoms with Gasteiger partial charge in [-0.25, -0.2) is 4.99 Å². The number of aromatic nitrogens is 1. The summed E-state index contributed by atoms with van der Waals surface area (Å²) in [4.78, 5) is 4.38. The molecule has 0 saturated carbocycles. The number of aliphatic imine (C=N–C) groups is 1. The van der Waals surface area contributed by atoms with Crippen molar-refractivity contribution < 1.29 is 22.4 Å². The monoisotopic (exact) mass is 512 g/mol. The molecule has 1 aromatic carbocycles. The number of rotatable bonds is 8. The Morgan fingerprint density at radius 2 is 2.04 bits per heavy atom. The molecule has 0 bridgehead atoms. The van der Waals surface area contributed by atoms with E-state index in [1.54, 1.807) is 6.07 Å². The van der Waals surface area contributed by atoms with Gasteiger partial charge in [-0.15, -0.1) is 24.0 Å². The van der Waals surface area contributed by atoms with Crippen LogP contribution < -0.4 is 15.4 Å². The first kappa shape index (κ1) is 24.1. The Labute approximate surface area is 178 Å². The molecule has 28 heavy (non-hydrogen) atoms. The molecule has 2 rings (SSSR count). The van der Waals surface area contributed by atoms with Gasteiger partial charge in [-0.3, -0.25) is 0 Å². The maximum Gasteiger partial charge on any atom is 0.416 e. The quantitative estimate of drug-likeness (QED) is 0.315. The van der Waals surface area contributed by atoms with Crippen LogP contribution in [0.25, 0.3) is 0 Å². The number of nitrogens with zero attached hydrogens (tertiary/aromatic N) is 2. The van der Waals surface area contributed by atoms with Crippen molar-refractivity contribution >= 4 is 29.9 Å². The Balaban J connectivity index is 0.00000392. The van der Waals surface area contributed by atoms with E-state index in [2.05, 4.69) is 20.8 Å². The highest BCUT2D eigenvalue weighted by Crippen LogP contribution is 2.31. The molecule has 6 nitrogen and oxygen atoms in total. The van der Waals surface area contributed by atoms with Gasteiger partial charge in [-0.05, 0) is 31.5 Å². The molecule has 0 aliphatic heterocycles. The zero-order chi connectivity index (χ0) is 19.7. The van der Waals surface area contributed by atoms with Crippen molar-refractivity contribution in [3.63, 3.8) is 0 Å². The summed E-state index contributed by atoms with van der Waals surface area (Å²) in [6, 6.07) is 6.60. The highest BCUT2D eigenvalue weighted by molar-refractivity contribution is 14.0. The van der Waals surface area contributed by atoms with Gasteiger partial charge in [0, 0.05) is 12.6 Å². The minimum atomic E-state index is -4.40. The van der Waals surface area contributed by atoms with E-state index in [-0.39, 0.29) is 35.8 Å². The van der Waals surface area contributed by atoms with Crippen molar-refractivity contribution in [1.29, 1.82) is 0 Å². The van der Waals surface area contributed by atoms with Gasteiger partial charge >= 0.3 is 6.18 Å². The SMILES string of the molecule is CCNC(=NCc1ccon1)NCC(CC)Oc1cccc(C(F)(F)F)c1.I. The van der Waals surface area contributed by atoms with Crippen LogP contribution in [-0.2, 0) is 12.7 Å². The van der Waals surface area contributed by atoms with Gasteiger partial charge in [0.15, 0.2) is 5.96 Å². The van der Waals surface area contributed by atoms with E-state index in [1.807, 2.05) is 13.8 Å². The van der Waals surface area contributed by atoms with Gasteiger partial charge < -0.3 is 19.9 Å². The standard InChI is InChI=1S/C18H23F3N4O2.HI/c1-3-15(27-16-7-5-6-13(10-16)18(19,20)21)12-24-17(22-4-2)23-11-14-8-9-26-25-14;/h5-10,15H,3-4,11-12H2,1-2H3,(H2,22,23,24);1H. The Morgan fingerprint density at radius 3 is 2.64 bits per heavy atom. The van der Waals surface area contributed by atoms with Crippen LogP contribution in [0.1, 0.15) is 31.5 Å². The fraction of sp³-hybridized carbons (Fsp3) is 0.444. The predicted molar refractivity (Wildman–Crippen MR) is 111 cm³/mol. The lowest BCUT2D eigenvalue weighted by Crippen LogP contribution is -2.42. The molecule has 0 aliphatic rings. The Bertz CT molecular complexity index is 724. The average Bonchev–Trinajstić information content (AvgIpc) is 3.16. The van der Waals surface area contributed by atoms with Crippen molar-refractivity contribution in [3.8, 4) is 5.75 Å². The summed E-state index contributed by atoms with van der Waals surface area (Å²) >= 11 is 0. The maximum atomic E-state index is 12.8. The number of guanidine groups is 1. The smallest absolute Gasteiger partial charge is 0.416 e. The first-order valence-corrected chi connectivity index (χ1v) is 8.67. The van der Waals surface area contributed by atoms with Crippen molar-refractivity contribution in [2.75, 3.05) is 13.1 Å². The fourth-order valence-corrected chi connectivity index (χ4v) is 2.24. The molecule has 0 spiro atoms. The van der Waals surface area contributed by atoms with Crippen molar-refractivity contribution in [2.45, 2.75) is 39.1 Å². The third-order valence-corrected chi connectivity index (χ3v) is 3.65. The Hall–Kier alpha value is -1.98. The number of ether oxygens (including phenoxy) is 1. The van der Waals surface area contributed by atoms with Gasteiger partial charge in [0.1, 0.15) is 23.8 Å². The predicted octanol–water partition coefficient (Wildman–Crippen LogP) is 4.22. The highest BCUT2D eigenvalue weighted by Gasteiger charge is 2.30. The molecule has 1 unspecified atom stereocenters. The van der Waals surface area contributed by atoms with E-state index >= 15 is 0 Å².